The molecule has 0 saturated carbocycles. The summed E-state index contributed by atoms with van der Waals surface area (Å²) in [7, 11) is 1.81. The minimum atomic E-state index is 0.692. The second kappa shape index (κ2) is 5.50. The second-order valence-electron chi connectivity index (χ2n) is 3.29. The molecule has 1 aromatic heterocycles. The summed E-state index contributed by atoms with van der Waals surface area (Å²) >= 11 is 8.12. The zero-order valence-corrected chi connectivity index (χ0v) is 12.0. The summed E-state index contributed by atoms with van der Waals surface area (Å²) in [5, 5.41) is 6.85. The Kier molecular flexibility index (Phi) is 4.01. The highest BCUT2D eigenvalue weighted by Gasteiger charge is 2.02. The maximum Gasteiger partial charge on any atom is 0.151 e. The van der Waals surface area contributed by atoms with Crippen LogP contribution in [0.25, 0.3) is 0 Å². The Morgan fingerprint density at radius 2 is 2.00 bits per heavy atom. The van der Waals surface area contributed by atoms with Gasteiger partial charge in [0.25, 0.3) is 0 Å². The number of rotatable bonds is 3. The number of aromatic nitrogens is 2. The lowest BCUT2D eigenvalue weighted by Crippen LogP contribution is -1.99. The van der Waals surface area contributed by atoms with Gasteiger partial charge in [-0.25, -0.2) is 4.98 Å². The monoisotopic (exact) mass is 360 g/mol. The van der Waals surface area contributed by atoms with E-state index in [9.17, 15) is 0 Å². The van der Waals surface area contributed by atoms with Crippen molar-refractivity contribution < 1.29 is 0 Å². The van der Waals surface area contributed by atoms with Crippen LogP contribution in [0.1, 0.15) is 0 Å². The second-order valence-corrected chi connectivity index (χ2v) is 4.89. The third-order valence-corrected chi connectivity index (χ3v) is 3.21. The molecule has 1 heterocycles. The van der Waals surface area contributed by atoms with Gasteiger partial charge >= 0.3 is 0 Å². The number of hydrogen-bond donors (Lipinski definition) is 2. The van der Waals surface area contributed by atoms with Crippen LogP contribution in [0.4, 0.5) is 17.3 Å². The lowest BCUT2D eigenvalue weighted by Gasteiger charge is -2.08. The van der Waals surface area contributed by atoms with Gasteiger partial charge in [-0.05, 0) is 40.8 Å². The van der Waals surface area contributed by atoms with E-state index in [4.69, 9.17) is 11.6 Å². The van der Waals surface area contributed by atoms with E-state index in [0.29, 0.717) is 5.82 Å². The average molecular weight is 361 g/mol. The summed E-state index contributed by atoms with van der Waals surface area (Å²) in [6.07, 6.45) is 3.34. The van der Waals surface area contributed by atoms with E-state index in [-0.39, 0.29) is 0 Å². The Morgan fingerprint density at radius 3 is 2.71 bits per heavy atom. The number of anilines is 3. The molecule has 88 valence electrons. The van der Waals surface area contributed by atoms with Gasteiger partial charge in [0, 0.05) is 15.6 Å². The molecular weight excluding hydrogens is 351 g/mol. The first kappa shape index (κ1) is 12.4. The van der Waals surface area contributed by atoms with Crippen LogP contribution in [0.5, 0.6) is 0 Å². The van der Waals surface area contributed by atoms with Crippen LogP contribution in [-0.2, 0) is 0 Å². The molecule has 0 fully saturated rings. The molecule has 0 aliphatic carbocycles. The van der Waals surface area contributed by atoms with Gasteiger partial charge < -0.3 is 10.6 Å². The fourth-order valence-corrected chi connectivity index (χ4v) is 2.28. The summed E-state index contributed by atoms with van der Waals surface area (Å²) in [4.78, 5) is 8.41. The van der Waals surface area contributed by atoms with E-state index < -0.39 is 0 Å². The molecule has 0 spiro atoms. The number of hydrogen-bond acceptors (Lipinski definition) is 4. The van der Waals surface area contributed by atoms with E-state index in [1.54, 1.807) is 19.4 Å². The molecule has 4 nitrogen and oxygen atoms in total. The van der Waals surface area contributed by atoms with Gasteiger partial charge in [-0.3, -0.25) is 4.98 Å². The average Bonchev–Trinajstić information content (AvgIpc) is 2.33. The minimum Gasteiger partial charge on any atom is -0.372 e. The summed E-state index contributed by atoms with van der Waals surface area (Å²) < 4.78 is 1.03. The van der Waals surface area contributed by atoms with Crippen molar-refractivity contribution in [1.29, 1.82) is 0 Å². The topological polar surface area (TPSA) is 49.8 Å². The summed E-state index contributed by atoms with van der Waals surface area (Å²) in [5.41, 5.74) is 0.956. The smallest absolute Gasteiger partial charge is 0.151 e. The van der Waals surface area contributed by atoms with Crippen LogP contribution in [0.3, 0.4) is 0 Å². The van der Waals surface area contributed by atoms with E-state index >= 15 is 0 Å². The fraction of sp³-hybridized carbons (Fsp3) is 0.0909. The minimum absolute atomic E-state index is 0.692. The van der Waals surface area contributed by atoms with Gasteiger partial charge in [0.15, 0.2) is 5.82 Å². The van der Waals surface area contributed by atoms with Crippen molar-refractivity contribution in [2.45, 2.75) is 0 Å². The van der Waals surface area contributed by atoms with Crippen molar-refractivity contribution in [1.82, 2.24) is 9.97 Å². The van der Waals surface area contributed by atoms with E-state index in [1.807, 2.05) is 18.2 Å². The lowest BCUT2D eigenvalue weighted by molar-refractivity contribution is 1.18. The van der Waals surface area contributed by atoms with Crippen LogP contribution in [-0.4, -0.2) is 17.0 Å². The van der Waals surface area contributed by atoms with Crippen LogP contribution in [0.15, 0.2) is 30.6 Å². The Labute approximate surface area is 118 Å². The van der Waals surface area contributed by atoms with Crippen molar-refractivity contribution in [3.05, 3.63) is 39.2 Å². The molecule has 0 saturated heterocycles. The number of halogens is 2. The maximum atomic E-state index is 5.90. The van der Waals surface area contributed by atoms with Gasteiger partial charge in [0.05, 0.1) is 18.1 Å². The van der Waals surface area contributed by atoms with Gasteiger partial charge in [-0.1, -0.05) is 11.6 Å². The Hall–Kier alpha value is -1.08. The highest BCUT2D eigenvalue weighted by atomic mass is 127. The van der Waals surface area contributed by atoms with Crippen molar-refractivity contribution in [2.75, 3.05) is 17.7 Å². The lowest BCUT2D eigenvalue weighted by atomic mass is 10.3. The van der Waals surface area contributed by atoms with Gasteiger partial charge in [-0.15, -0.1) is 0 Å². The molecule has 2 N–H and O–H groups in total. The molecule has 0 atom stereocenters. The normalized spacial score (nSPS) is 10.1. The van der Waals surface area contributed by atoms with Crippen LogP contribution < -0.4 is 10.6 Å². The zero-order valence-electron chi connectivity index (χ0n) is 9.04. The maximum absolute atomic E-state index is 5.90. The van der Waals surface area contributed by atoms with Gasteiger partial charge in [0.2, 0.25) is 0 Å². The molecule has 0 aliphatic heterocycles. The Balaban J connectivity index is 2.25. The molecule has 1 aromatic carbocycles. The van der Waals surface area contributed by atoms with Crippen molar-refractivity contribution in [2.24, 2.45) is 0 Å². The molecule has 0 radical (unpaired) electrons. The largest absolute Gasteiger partial charge is 0.372 e. The first-order valence-corrected chi connectivity index (χ1v) is 6.36. The first-order valence-electron chi connectivity index (χ1n) is 4.91. The quantitative estimate of drug-likeness (QED) is 0.822. The molecule has 17 heavy (non-hydrogen) atoms. The Bertz CT molecular complexity index is 533. The molecule has 2 rings (SSSR count). The number of benzene rings is 1. The van der Waals surface area contributed by atoms with Crippen molar-refractivity contribution >= 4 is 51.5 Å². The zero-order chi connectivity index (χ0) is 12.3. The highest BCUT2D eigenvalue weighted by molar-refractivity contribution is 14.1. The van der Waals surface area contributed by atoms with Crippen LogP contribution in [0.2, 0.25) is 5.02 Å². The molecule has 0 amide bonds. The SMILES string of the molecule is CNc1cncc(Nc2ccc(Cl)cc2I)n1. The van der Waals surface area contributed by atoms with E-state index in [2.05, 4.69) is 43.2 Å². The predicted octanol–water partition coefficient (Wildman–Crippen LogP) is 3.52. The molecule has 6 heteroatoms. The van der Waals surface area contributed by atoms with Crippen LogP contribution >= 0.6 is 34.2 Å². The van der Waals surface area contributed by atoms with E-state index in [0.717, 1.165) is 20.1 Å². The van der Waals surface area contributed by atoms with Gasteiger partial charge in [-0.2, -0.15) is 0 Å². The molecule has 0 aliphatic rings. The standard InChI is InChI=1S/C11H10ClIN4/c1-14-10-5-15-6-11(17-10)16-9-3-2-7(12)4-8(9)13/h2-6H,1H3,(H2,14,16,17). The molecule has 0 unspecified atom stereocenters. The van der Waals surface area contributed by atoms with Crippen molar-refractivity contribution in [3.63, 3.8) is 0 Å². The Morgan fingerprint density at radius 1 is 1.24 bits per heavy atom. The molecule has 2 aromatic rings. The first-order chi connectivity index (χ1) is 8.19. The third-order valence-electron chi connectivity index (χ3n) is 2.08. The number of nitrogens with one attached hydrogen (secondary N) is 2. The molecular formula is C11H10ClIN4. The highest BCUT2D eigenvalue weighted by Crippen LogP contribution is 2.24. The third kappa shape index (κ3) is 3.19. The number of nitrogens with zero attached hydrogens (tertiary/aromatic N) is 2. The van der Waals surface area contributed by atoms with Crippen molar-refractivity contribution in [3.8, 4) is 0 Å². The molecule has 0 bridgehead atoms. The van der Waals surface area contributed by atoms with Gasteiger partial charge in [0.1, 0.15) is 5.82 Å². The summed E-state index contributed by atoms with van der Waals surface area (Å²) in [6.45, 7) is 0. The summed E-state index contributed by atoms with van der Waals surface area (Å²) in [6, 6.07) is 5.64. The van der Waals surface area contributed by atoms with E-state index in [1.165, 1.54) is 0 Å². The summed E-state index contributed by atoms with van der Waals surface area (Å²) in [5.74, 6) is 1.41. The fourth-order valence-electron chi connectivity index (χ4n) is 1.28. The van der Waals surface area contributed by atoms with Crippen LogP contribution in [0, 0.1) is 3.57 Å². The predicted molar refractivity (Wildman–Crippen MR) is 79.0 cm³/mol.